The number of benzene rings is 1. The van der Waals surface area contributed by atoms with Crippen molar-refractivity contribution in [3.63, 3.8) is 0 Å². The van der Waals surface area contributed by atoms with Gasteiger partial charge in [-0.25, -0.2) is 4.79 Å². The van der Waals surface area contributed by atoms with E-state index in [0.717, 1.165) is 0 Å². The SMILES string of the molecule is C#Cc1ccc(C(C(=O)NC(C)C)N(C(=O)C(CO)NC(=O)OC(C)(C)C)C2CC2C)cc1. The Morgan fingerprint density at radius 1 is 1.21 bits per heavy atom. The van der Waals surface area contributed by atoms with Crippen molar-refractivity contribution in [3.8, 4) is 12.3 Å². The number of hydrogen-bond acceptors (Lipinski definition) is 5. The number of terminal acetylenes is 1. The smallest absolute Gasteiger partial charge is 0.408 e. The molecule has 1 aromatic carbocycles. The maximum absolute atomic E-state index is 13.6. The number of nitrogens with one attached hydrogen (secondary N) is 2. The molecule has 8 nitrogen and oxygen atoms in total. The van der Waals surface area contributed by atoms with Crippen LogP contribution in [0.15, 0.2) is 24.3 Å². The first-order valence-corrected chi connectivity index (χ1v) is 11.2. The molecule has 1 aliphatic rings. The van der Waals surface area contributed by atoms with E-state index in [0.29, 0.717) is 17.5 Å². The van der Waals surface area contributed by atoms with Crippen LogP contribution in [0, 0.1) is 18.3 Å². The maximum Gasteiger partial charge on any atom is 0.408 e. The molecule has 8 heteroatoms. The summed E-state index contributed by atoms with van der Waals surface area (Å²) in [4.78, 5) is 40.7. The highest BCUT2D eigenvalue weighted by Gasteiger charge is 2.48. The van der Waals surface area contributed by atoms with Gasteiger partial charge in [-0.05, 0) is 64.7 Å². The highest BCUT2D eigenvalue weighted by molar-refractivity contribution is 5.92. The van der Waals surface area contributed by atoms with E-state index in [1.165, 1.54) is 4.90 Å². The zero-order valence-corrected chi connectivity index (χ0v) is 20.2. The van der Waals surface area contributed by atoms with Crippen LogP contribution in [0.25, 0.3) is 0 Å². The molecule has 1 fully saturated rings. The predicted octanol–water partition coefficient (Wildman–Crippen LogP) is 2.36. The Hall–Kier alpha value is -3.05. The van der Waals surface area contributed by atoms with E-state index in [2.05, 4.69) is 16.6 Å². The summed E-state index contributed by atoms with van der Waals surface area (Å²) in [5, 5.41) is 15.3. The highest BCUT2D eigenvalue weighted by Crippen LogP contribution is 2.40. The summed E-state index contributed by atoms with van der Waals surface area (Å²) in [6.07, 6.45) is 5.35. The van der Waals surface area contributed by atoms with Crippen LogP contribution in [-0.2, 0) is 14.3 Å². The van der Waals surface area contributed by atoms with Crippen molar-refractivity contribution >= 4 is 17.9 Å². The molecule has 3 amide bonds. The van der Waals surface area contributed by atoms with Gasteiger partial charge in [-0.15, -0.1) is 6.42 Å². The first-order chi connectivity index (χ1) is 15.4. The largest absolute Gasteiger partial charge is 0.444 e. The van der Waals surface area contributed by atoms with Gasteiger partial charge >= 0.3 is 6.09 Å². The van der Waals surface area contributed by atoms with Crippen LogP contribution < -0.4 is 10.6 Å². The first-order valence-electron chi connectivity index (χ1n) is 11.2. The standard InChI is InChI=1S/C25H35N3O5/c1-8-17-9-11-18(12-10-17)21(22(30)26-15(2)3)28(20-13-16(20)4)23(31)19(14-29)27-24(32)33-25(5,6)7/h1,9-12,15-16,19-21,29H,13-14H2,2-7H3,(H,26,30)(H,27,32). The quantitative estimate of drug-likeness (QED) is 0.520. The topological polar surface area (TPSA) is 108 Å². The number of amides is 3. The van der Waals surface area contributed by atoms with Crippen molar-refractivity contribution in [1.29, 1.82) is 0 Å². The summed E-state index contributed by atoms with van der Waals surface area (Å²) in [6.45, 7) is 10.1. The fourth-order valence-electron chi connectivity index (χ4n) is 3.55. The maximum atomic E-state index is 13.6. The van der Waals surface area contributed by atoms with Crippen molar-refractivity contribution in [1.82, 2.24) is 15.5 Å². The van der Waals surface area contributed by atoms with E-state index in [1.54, 1.807) is 45.0 Å². The number of carbonyl (C=O) groups is 3. The van der Waals surface area contributed by atoms with E-state index >= 15 is 0 Å². The van der Waals surface area contributed by atoms with Crippen molar-refractivity contribution in [2.24, 2.45) is 5.92 Å². The molecule has 1 aliphatic carbocycles. The van der Waals surface area contributed by atoms with Crippen molar-refractivity contribution in [2.75, 3.05) is 6.61 Å². The van der Waals surface area contributed by atoms with Crippen molar-refractivity contribution in [3.05, 3.63) is 35.4 Å². The molecule has 180 valence electrons. The van der Waals surface area contributed by atoms with Gasteiger partial charge in [-0.1, -0.05) is 25.0 Å². The Bertz CT molecular complexity index is 898. The lowest BCUT2D eigenvalue weighted by Gasteiger charge is -2.35. The lowest BCUT2D eigenvalue weighted by Crippen LogP contribution is -2.55. The third kappa shape index (κ3) is 7.22. The number of ether oxygens (including phenoxy) is 1. The minimum Gasteiger partial charge on any atom is -0.444 e. The number of aliphatic hydroxyl groups excluding tert-OH is 1. The molecule has 2 rings (SSSR count). The van der Waals surface area contributed by atoms with Crippen LogP contribution in [-0.4, -0.2) is 58.2 Å². The average Bonchev–Trinajstić information content (AvgIpc) is 3.43. The van der Waals surface area contributed by atoms with E-state index in [-0.39, 0.29) is 23.9 Å². The Morgan fingerprint density at radius 2 is 1.79 bits per heavy atom. The van der Waals surface area contributed by atoms with Crippen LogP contribution in [0.5, 0.6) is 0 Å². The third-order valence-electron chi connectivity index (χ3n) is 5.20. The molecule has 0 heterocycles. The molecule has 3 N–H and O–H groups in total. The second kappa shape index (κ2) is 10.7. The van der Waals surface area contributed by atoms with E-state index < -0.39 is 36.3 Å². The number of rotatable bonds is 8. The monoisotopic (exact) mass is 457 g/mol. The lowest BCUT2D eigenvalue weighted by atomic mass is 10.0. The number of alkyl carbamates (subject to hydrolysis) is 1. The zero-order valence-electron chi connectivity index (χ0n) is 20.2. The Kier molecular flexibility index (Phi) is 8.51. The summed E-state index contributed by atoms with van der Waals surface area (Å²) >= 11 is 0. The molecule has 4 unspecified atom stereocenters. The molecular formula is C25H35N3O5. The average molecular weight is 458 g/mol. The zero-order chi connectivity index (χ0) is 24.9. The second-order valence-electron chi connectivity index (χ2n) is 9.74. The Labute approximate surface area is 196 Å². The van der Waals surface area contributed by atoms with E-state index in [1.807, 2.05) is 20.8 Å². The molecule has 1 saturated carbocycles. The molecule has 0 spiro atoms. The van der Waals surface area contributed by atoms with Gasteiger partial charge in [0.05, 0.1) is 6.61 Å². The first kappa shape index (κ1) is 26.2. The molecule has 4 atom stereocenters. The summed E-state index contributed by atoms with van der Waals surface area (Å²) in [6, 6.07) is 4.32. The molecule has 0 aromatic heterocycles. The lowest BCUT2D eigenvalue weighted by molar-refractivity contribution is -0.144. The summed E-state index contributed by atoms with van der Waals surface area (Å²) in [5.74, 6) is 1.82. The Balaban J connectivity index is 2.43. The van der Waals surface area contributed by atoms with E-state index in [4.69, 9.17) is 11.2 Å². The van der Waals surface area contributed by atoms with Crippen LogP contribution in [0.4, 0.5) is 4.79 Å². The Morgan fingerprint density at radius 3 is 2.21 bits per heavy atom. The molecule has 0 aliphatic heterocycles. The molecule has 0 bridgehead atoms. The minimum atomic E-state index is -1.26. The van der Waals surface area contributed by atoms with Gasteiger partial charge in [0, 0.05) is 17.6 Å². The number of aliphatic hydroxyl groups is 1. The number of carbonyl (C=O) groups excluding carboxylic acids is 3. The molecule has 0 saturated heterocycles. The van der Waals surface area contributed by atoms with Gasteiger partial charge in [0.1, 0.15) is 17.7 Å². The van der Waals surface area contributed by atoms with Gasteiger partial charge in [-0.3, -0.25) is 9.59 Å². The fourth-order valence-corrected chi connectivity index (χ4v) is 3.55. The van der Waals surface area contributed by atoms with E-state index in [9.17, 15) is 19.5 Å². The molecule has 33 heavy (non-hydrogen) atoms. The minimum absolute atomic E-state index is 0.146. The van der Waals surface area contributed by atoms with Crippen molar-refractivity contribution in [2.45, 2.75) is 77.7 Å². The molecule has 0 radical (unpaired) electrons. The third-order valence-corrected chi connectivity index (χ3v) is 5.20. The number of nitrogens with zero attached hydrogens (tertiary/aromatic N) is 1. The second-order valence-corrected chi connectivity index (χ2v) is 9.74. The van der Waals surface area contributed by atoms with Crippen LogP contribution in [0.2, 0.25) is 0 Å². The van der Waals surface area contributed by atoms with Gasteiger partial charge in [0.15, 0.2) is 0 Å². The summed E-state index contributed by atoms with van der Waals surface area (Å²) in [5.41, 5.74) is 0.476. The highest BCUT2D eigenvalue weighted by atomic mass is 16.6. The van der Waals surface area contributed by atoms with Gasteiger partial charge in [-0.2, -0.15) is 0 Å². The summed E-state index contributed by atoms with van der Waals surface area (Å²) < 4.78 is 5.24. The fraction of sp³-hybridized carbons (Fsp3) is 0.560. The molecular weight excluding hydrogens is 422 g/mol. The number of hydrogen-bond donors (Lipinski definition) is 3. The van der Waals surface area contributed by atoms with Gasteiger partial charge in [0.25, 0.3) is 0 Å². The van der Waals surface area contributed by atoms with Crippen LogP contribution in [0.3, 0.4) is 0 Å². The van der Waals surface area contributed by atoms with Gasteiger partial charge in [0.2, 0.25) is 11.8 Å². The molecule has 1 aromatic rings. The summed E-state index contributed by atoms with van der Waals surface area (Å²) in [7, 11) is 0. The van der Waals surface area contributed by atoms with Crippen LogP contribution in [0.1, 0.15) is 65.1 Å². The van der Waals surface area contributed by atoms with Crippen LogP contribution >= 0.6 is 0 Å². The van der Waals surface area contributed by atoms with Gasteiger partial charge < -0.3 is 25.4 Å². The normalized spacial score (nSPS) is 19.1. The van der Waals surface area contributed by atoms with Crippen molar-refractivity contribution < 1.29 is 24.2 Å². The predicted molar refractivity (Wildman–Crippen MR) is 125 cm³/mol.